The largest absolute Gasteiger partial charge is 0.508 e. The molecular weight excluding hydrogens is 412 g/mol. The van der Waals surface area contributed by atoms with E-state index in [1.165, 1.54) is 0 Å². The van der Waals surface area contributed by atoms with E-state index >= 15 is 0 Å². The van der Waals surface area contributed by atoms with Gasteiger partial charge in [-0.25, -0.2) is 8.42 Å². The third-order valence-electron chi connectivity index (χ3n) is 5.90. The Bertz CT molecular complexity index is 1180. The molecule has 4 rings (SSSR count). The van der Waals surface area contributed by atoms with Gasteiger partial charge in [-0.1, -0.05) is 29.8 Å². The minimum absolute atomic E-state index is 0.245. The molecular formula is C24H28N2O4S. The zero-order valence-corrected chi connectivity index (χ0v) is 18.7. The van der Waals surface area contributed by atoms with E-state index in [9.17, 15) is 13.5 Å². The zero-order valence-electron chi connectivity index (χ0n) is 17.9. The number of ether oxygens (including phenoxy) is 1. The summed E-state index contributed by atoms with van der Waals surface area (Å²) in [6.45, 7) is 4.77. The van der Waals surface area contributed by atoms with Gasteiger partial charge >= 0.3 is 0 Å². The Morgan fingerprint density at radius 2 is 1.71 bits per heavy atom. The number of fused-ring (bicyclic) bond motifs is 1. The Labute approximate surface area is 183 Å². The van der Waals surface area contributed by atoms with Crippen molar-refractivity contribution in [2.45, 2.75) is 24.8 Å². The molecule has 1 fully saturated rings. The van der Waals surface area contributed by atoms with Crippen molar-refractivity contribution in [2.75, 3.05) is 33.3 Å². The number of aryl methyl sites for hydroxylation is 1. The number of rotatable bonds is 5. The third-order valence-corrected chi connectivity index (χ3v) is 7.82. The van der Waals surface area contributed by atoms with Crippen molar-refractivity contribution < 1.29 is 18.3 Å². The van der Waals surface area contributed by atoms with E-state index < -0.39 is 10.0 Å². The molecule has 7 heteroatoms. The summed E-state index contributed by atoms with van der Waals surface area (Å²) in [6, 6.07) is 16.4. The molecule has 0 amide bonds. The Balaban J connectivity index is 1.54. The maximum atomic E-state index is 13.1. The molecule has 3 aromatic rings. The van der Waals surface area contributed by atoms with Crippen molar-refractivity contribution >= 4 is 20.8 Å². The number of aromatic hydroxyl groups is 1. The lowest BCUT2D eigenvalue weighted by Gasteiger charge is -2.23. The fourth-order valence-corrected chi connectivity index (χ4v) is 5.54. The number of benzene rings is 3. The van der Waals surface area contributed by atoms with Crippen molar-refractivity contribution in [1.82, 2.24) is 9.21 Å². The van der Waals surface area contributed by atoms with Gasteiger partial charge < -0.3 is 9.84 Å². The predicted molar refractivity (Wildman–Crippen MR) is 122 cm³/mol. The fraction of sp³-hybridized carbons (Fsp3) is 0.333. The van der Waals surface area contributed by atoms with Crippen molar-refractivity contribution in [2.24, 2.45) is 0 Å². The van der Waals surface area contributed by atoms with Gasteiger partial charge in [0.2, 0.25) is 10.0 Å². The second-order valence-electron chi connectivity index (χ2n) is 8.00. The van der Waals surface area contributed by atoms with Gasteiger partial charge in [0, 0.05) is 31.7 Å². The van der Waals surface area contributed by atoms with Gasteiger partial charge in [-0.3, -0.25) is 4.90 Å². The quantitative estimate of drug-likeness (QED) is 0.654. The van der Waals surface area contributed by atoms with Crippen molar-refractivity contribution in [3.8, 4) is 11.5 Å². The van der Waals surface area contributed by atoms with E-state index in [1.54, 1.807) is 29.6 Å². The van der Waals surface area contributed by atoms with Crippen LogP contribution < -0.4 is 4.74 Å². The highest BCUT2D eigenvalue weighted by Gasteiger charge is 2.27. The molecule has 164 valence electrons. The van der Waals surface area contributed by atoms with Crippen LogP contribution in [-0.4, -0.2) is 56.0 Å². The summed E-state index contributed by atoms with van der Waals surface area (Å²) < 4.78 is 33.1. The average Bonchev–Trinajstić information content (AvgIpc) is 3.02. The molecule has 0 atom stereocenters. The second kappa shape index (κ2) is 8.86. The summed E-state index contributed by atoms with van der Waals surface area (Å²) in [7, 11) is -1.88. The van der Waals surface area contributed by atoms with E-state index in [4.69, 9.17) is 4.74 Å². The fourth-order valence-electron chi connectivity index (χ4n) is 4.07. The van der Waals surface area contributed by atoms with Gasteiger partial charge in [0.15, 0.2) is 0 Å². The standard InChI is InChI=1S/C24H28N2O4S/c1-18-4-9-21(10-5-18)31(28,29)26-13-3-12-25(14-15-26)17-23-22-16-20(30-2)8-6-19(22)7-11-24(23)27/h4-11,16,27H,3,12-15,17H2,1-2H3. The summed E-state index contributed by atoms with van der Waals surface area (Å²) in [5.74, 6) is 0.986. The first kappa shape index (κ1) is 21.6. The Morgan fingerprint density at radius 3 is 2.45 bits per heavy atom. The molecule has 0 radical (unpaired) electrons. The van der Waals surface area contributed by atoms with Crippen LogP contribution in [0.15, 0.2) is 59.5 Å². The smallest absolute Gasteiger partial charge is 0.243 e. The third kappa shape index (κ3) is 4.54. The number of hydrogen-bond acceptors (Lipinski definition) is 5. The molecule has 3 aromatic carbocycles. The number of sulfonamides is 1. The lowest BCUT2D eigenvalue weighted by atomic mass is 10.0. The minimum atomic E-state index is -3.51. The lowest BCUT2D eigenvalue weighted by molar-refractivity contribution is 0.275. The zero-order chi connectivity index (χ0) is 22.0. The molecule has 1 N–H and O–H groups in total. The Kier molecular flexibility index (Phi) is 6.18. The first-order valence-corrected chi connectivity index (χ1v) is 11.9. The van der Waals surface area contributed by atoms with E-state index in [-0.39, 0.29) is 5.75 Å². The normalized spacial score (nSPS) is 16.3. The second-order valence-corrected chi connectivity index (χ2v) is 9.94. The molecule has 1 heterocycles. The molecule has 1 aliphatic heterocycles. The van der Waals surface area contributed by atoms with Gasteiger partial charge in [0.1, 0.15) is 11.5 Å². The van der Waals surface area contributed by atoms with Crippen LogP contribution in [0.25, 0.3) is 10.8 Å². The topological polar surface area (TPSA) is 70.1 Å². The SMILES string of the molecule is COc1ccc2ccc(O)c(CN3CCCN(S(=O)(=O)c4ccc(C)cc4)CC3)c2c1. The van der Waals surface area contributed by atoms with Crippen LogP contribution in [0.5, 0.6) is 11.5 Å². The number of phenols is 1. The maximum absolute atomic E-state index is 13.1. The number of nitrogens with zero attached hydrogens (tertiary/aromatic N) is 2. The van der Waals surface area contributed by atoms with Crippen LogP contribution in [0.2, 0.25) is 0 Å². The molecule has 0 aliphatic carbocycles. The van der Waals surface area contributed by atoms with E-state index in [1.807, 2.05) is 43.3 Å². The van der Waals surface area contributed by atoms with Gasteiger partial charge in [-0.2, -0.15) is 4.31 Å². The molecule has 0 saturated carbocycles. The van der Waals surface area contributed by atoms with Gasteiger partial charge in [-0.05, 0) is 61.0 Å². The van der Waals surface area contributed by atoms with Crippen molar-refractivity contribution in [1.29, 1.82) is 0 Å². The highest BCUT2D eigenvalue weighted by Crippen LogP contribution is 2.31. The van der Waals surface area contributed by atoms with Crippen LogP contribution in [0.4, 0.5) is 0 Å². The number of phenolic OH excluding ortho intramolecular Hbond substituents is 1. The van der Waals surface area contributed by atoms with Gasteiger partial charge in [0.25, 0.3) is 0 Å². The first-order chi connectivity index (χ1) is 14.9. The number of methoxy groups -OCH3 is 1. The molecule has 31 heavy (non-hydrogen) atoms. The average molecular weight is 441 g/mol. The molecule has 0 spiro atoms. The summed E-state index contributed by atoms with van der Waals surface area (Å²) in [4.78, 5) is 2.55. The van der Waals surface area contributed by atoms with Crippen molar-refractivity contribution in [3.05, 3.63) is 65.7 Å². The highest BCUT2D eigenvalue weighted by atomic mass is 32.2. The molecule has 1 aliphatic rings. The summed E-state index contributed by atoms with van der Waals surface area (Å²) in [6.07, 6.45) is 0.736. The van der Waals surface area contributed by atoms with Crippen LogP contribution in [0, 0.1) is 6.92 Å². The predicted octanol–water partition coefficient (Wildman–Crippen LogP) is 3.76. The van der Waals surface area contributed by atoms with E-state index in [0.717, 1.165) is 40.6 Å². The van der Waals surface area contributed by atoms with Crippen LogP contribution in [-0.2, 0) is 16.6 Å². The minimum Gasteiger partial charge on any atom is -0.508 e. The Morgan fingerprint density at radius 1 is 0.968 bits per heavy atom. The van der Waals surface area contributed by atoms with Crippen LogP contribution in [0.3, 0.4) is 0 Å². The molecule has 0 unspecified atom stereocenters. The summed E-state index contributed by atoms with van der Waals surface area (Å²) >= 11 is 0. The summed E-state index contributed by atoms with van der Waals surface area (Å²) in [5.41, 5.74) is 1.87. The molecule has 0 aromatic heterocycles. The van der Waals surface area contributed by atoms with E-state index in [2.05, 4.69) is 4.90 Å². The molecule has 0 bridgehead atoms. The Hall–Kier alpha value is -2.61. The van der Waals surface area contributed by atoms with E-state index in [0.29, 0.717) is 31.1 Å². The van der Waals surface area contributed by atoms with Gasteiger partial charge in [0.05, 0.1) is 12.0 Å². The van der Waals surface area contributed by atoms with Gasteiger partial charge in [-0.15, -0.1) is 0 Å². The highest BCUT2D eigenvalue weighted by molar-refractivity contribution is 7.89. The molecule has 1 saturated heterocycles. The summed E-state index contributed by atoms with van der Waals surface area (Å²) in [5, 5.41) is 12.5. The van der Waals surface area contributed by atoms with Crippen LogP contribution >= 0.6 is 0 Å². The monoisotopic (exact) mass is 440 g/mol. The van der Waals surface area contributed by atoms with Crippen LogP contribution in [0.1, 0.15) is 17.5 Å². The lowest BCUT2D eigenvalue weighted by Crippen LogP contribution is -2.35. The first-order valence-electron chi connectivity index (χ1n) is 10.5. The molecule has 6 nitrogen and oxygen atoms in total. The number of hydrogen-bond donors (Lipinski definition) is 1. The maximum Gasteiger partial charge on any atom is 0.243 e. The van der Waals surface area contributed by atoms with Crippen molar-refractivity contribution in [3.63, 3.8) is 0 Å².